The van der Waals surface area contributed by atoms with E-state index in [4.69, 9.17) is 10.00 Å². The van der Waals surface area contributed by atoms with Gasteiger partial charge in [-0.05, 0) is 25.0 Å². The molecule has 7 nitrogen and oxygen atoms in total. The van der Waals surface area contributed by atoms with E-state index < -0.39 is 0 Å². The van der Waals surface area contributed by atoms with Crippen LogP contribution in [0.15, 0.2) is 36.9 Å². The van der Waals surface area contributed by atoms with Crippen molar-refractivity contribution in [2.24, 2.45) is 0 Å². The lowest BCUT2D eigenvalue weighted by atomic mass is 10.1. The van der Waals surface area contributed by atoms with Gasteiger partial charge >= 0.3 is 0 Å². The molecule has 0 saturated carbocycles. The van der Waals surface area contributed by atoms with Gasteiger partial charge in [0.2, 0.25) is 5.69 Å². The fourth-order valence-electron chi connectivity index (χ4n) is 2.54. The largest absolute Gasteiger partial charge is 0.470 e. The number of likely N-dealkylation sites (tertiary alicyclic amines) is 1. The van der Waals surface area contributed by atoms with Crippen LogP contribution in [0, 0.1) is 11.3 Å². The molecule has 0 radical (unpaired) electrons. The first-order chi connectivity index (χ1) is 11.3. The zero-order chi connectivity index (χ0) is 16.1. The van der Waals surface area contributed by atoms with Crippen molar-refractivity contribution in [3.63, 3.8) is 0 Å². The van der Waals surface area contributed by atoms with Crippen LogP contribution in [0.25, 0.3) is 0 Å². The number of hydrogen-bond donors (Lipinski definition) is 0. The number of piperidine rings is 1. The summed E-state index contributed by atoms with van der Waals surface area (Å²) in [5, 5.41) is 9.03. The standard InChI is InChI=1S/C16H15N5O2/c17-9-14-15(20-7-6-19-14)23-13-4-2-8-21(11-13)16(22)12-3-1-5-18-10-12/h1,3,5-7,10,13H,2,4,8,11H2. The quantitative estimate of drug-likeness (QED) is 0.851. The molecule has 1 amide bonds. The van der Waals surface area contributed by atoms with E-state index in [1.165, 1.54) is 12.4 Å². The minimum absolute atomic E-state index is 0.0638. The van der Waals surface area contributed by atoms with Gasteiger partial charge in [-0.25, -0.2) is 9.97 Å². The predicted molar refractivity (Wildman–Crippen MR) is 80.5 cm³/mol. The topological polar surface area (TPSA) is 92.0 Å². The second kappa shape index (κ2) is 6.83. The van der Waals surface area contributed by atoms with Gasteiger partial charge in [-0.2, -0.15) is 5.26 Å². The lowest BCUT2D eigenvalue weighted by Gasteiger charge is -2.32. The first kappa shape index (κ1) is 14.9. The van der Waals surface area contributed by atoms with Gasteiger partial charge < -0.3 is 9.64 Å². The highest BCUT2D eigenvalue weighted by Crippen LogP contribution is 2.19. The molecule has 0 bridgehead atoms. The molecule has 0 spiro atoms. The van der Waals surface area contributed by atoms with Crippen molar-refractivity contribution in [1.82, 2.24) is 19.9 Å². The van der Waals surface area contributed by atoms with E-state index in [-0.39, 0.29) is 23.6 Å². The molecule has 7 heteroatoms. The summed E-state index contributed by atoms with van der Waals surface area (Å²) >= 11 is 0. The summed E-state index contributed by atoms with van der Waals surface area (Å²) in [7, 11) is 0. The lowest BCUT2D eigenvalue weighted by molar-refractivity contribution is 0.0525. The Kier molecular flexibility index (Phi) is 4.43. The van der Waals surface area contributed by atoms with Crippen LogP contribution in [0.1, 0.15) is 28.9 Å². The van der Waals surface area contributed by atoms with E-state index in [0.717, 1.165) is 12.8 Å². The Morgan fingerprint density at radius 2 is 2.22 bits per heavy atom. The molecule has 1 saturated heterocycles. The number of hydrogen-bond acceptors (Lipinski definition) is 6. The van der Waals surface area contributed by atoms with Crippen molar-refractivity contribution >= 4 is 5.91 Å². The maximum Gasteiger partial charge on any atom is 0.255 e. The van der Waals surface area contributed by atoms with E-state index in [1.807, 2.05) is 6.07 Å². The SMILES string of the molecule is N#Cc1nccnc1OC1CCCN(C(=O)c2cccnc2)C1. The van der Waals surface area contributed by atoms with E-state index in [2.05, 4.69) is 15.0 Å². The summed E-state index contributed by atoms with van der Waals surface area (Å²) in [5.74, 6) is 0.154. The van der Waals surface area contributed by atoms with Gasteiger partial charge in [0.1, 0.15) is 12.2 Å². The fraction of sp³-hybridized carbons (Fsp3) is 0.312. The minimum atomic E-state index is -0.201. The van der Waals surface area contributed by atoms with Crippen molar-refractivity contribution < 1.29 is 9.53 Å². The summed E-state index contributed by atoms with van der Waals surface area (Å²) < 4.78 is 5.79. The minimum Gasteiger partial charge on any atom is -0.470 e. The van der Waals surface area contributed by atoms with E-state index in [0.29, 0.717) is 18.7 Å². The van der Waals surface area contributed by atoms with Gasteiger partial charge in [-0.1, -0.05) is 0 Å². The maximum absolute atomic E-state index is 12.5. The van der Waals surface area contributed by atoms with E-state index >= 15 is 0 Å². The molecule has 1 unspecified atom stereocenters. The average molecular weight is 309 g/mol. The fourth-order valence-corrected chi connectivity index (χ4v) is 2.54. The van der Waals surface area contributed by atoms with Crippen LogP contribution in [0.2, 0.25) is 0 Å². The molecule has 1 atom stereocenters. The van der Waals surface area contributed by atoms with Gasteiger partial charge in [0.15, 0.2) is 0 Å². The van der Waals surface area contributed by atoms with Crippen LogP contribution in [0.4, 0.5) is 0 Å². The van der Waals surface area contributed by atoms with Crippen molar-refractivity contribution in [3.8, 4) is 11.9 Å². The Labute approximate surface area is 133 Å². The molecule has 3 rings (SSSR count). The zero-order valence-corrected chi connectivity index (χ0v) is 12.4. The number of carbonyl (C=O) groups excluding carboxylic acids is 1. The number of aromatic nitrogens is 3. The summed E-state index contributed by atoms with van der Waals surface area (Å²) in [5.41, 5.74) is 0.716. The number of nitriles is 1. The second-order valence-electron chi connectivity index (χ2n) is 5.20. The molecule has 1 fully saturated rings. The normalized spacial score (nSPS) is 17.3. The van der Waals surface area contributed by atoms with E-state index in [1.54, 1.807) is 29.4 Å². The predicted octanol–water partition coefficient (Wildman–Crippen LogP) is 1.43. The molecule has 116 valence electrons. The van der Waals surface area contributed by atoms with E-state index in [9.17, 15) is 4.79 Å². The van der Waals surface area contributed by atoms with Crippen LogP contribution in [-0.4, -0.2) is 45.0 Å². The zero-order valence-electron chi connectivity index (χ0n) is 12.4. The van der Waals surface area contributed by atoms with Crippen LogP contribution in [0.3, 0.4) is 0 Å². The number of nitrogens with zero attached hydrogens (tertiary/aromatic N) is 5. The molecule has 0 N–H and O–H groups in total. The molecule has 1 aliphatic rings. The van der Waals surface area contributed by atoms with Gasteiger partial charge in [0, 0.05) is 31.3 Å². The Morgan fingerprint density at radius 3 is 3.00 bits per heavy atom. The summed E-state index contributed by atoms with van der Waals surface area (Å²) in [4.78, 5) is 26.2. The third-order valence-electron chi connectivity index (χ3n) is 3.62. The number of ether oxygens (including phenoxy) is 1. The maximum atomic E-state index is 12.5. The first-order valence-corrected chi connectivity index (χ1v) is 7.35. The van der Waals surface area contributed by atoms with Gasteiger partial charge in [0.25, 0.3) is 11.8 Å². The van der Waals surface area contributed by atoms with Gasteiger partial charge in [0.05, 0.1) is 12.1 Å². The Bertz CT molecular complexity index is 729. The smallest absolute Gasteiger partial charge is 0.255 e. The lowest BCUT2D eigenvalue weighted by Crippen LogP contribution is -2.44. The van der Waals surface area contributed by atoms with Crippen LogP contribution in [-0.2, 0) is 0 Å². The Balaban J connectivity index is 1.69. The van der Waals surface area contributed by atoms with Crippen LogP contribution >= 0.6 is 0 Å². The van der Waals surface area contributed by atoms with Gasteiger partial charge in [-0.15, -0.1) is 0 Å². The van der Waals surface area contributed by atoms with Crippen LogP contribution < -0.4 is 4.74 Å². The second-order valence-corrected chi connectivity index (χ2v) is 5.20. The molecular weight excluding hydrogens is 294 g/mol. The number of rotatable bonds is 3. The van der Waals surface area contributed by atoms with Crippen molar-refractivity contribution in [2.75, 3.05) is 13.1 Å². The van der Waals surface area contributed by atoms with Crippen LogP contribution in [0.5, 0.6) is 5.88 Å². The molecule has 2 aromatic rings. The number of carbonyl (C=O) groups is 1. The molecule has 0 aromatic carbocycles. The highest BCUT2D eigenvalue weighted by molar-refractivity contribution is 5.93. The Hall–Kier alpha value is -3.01. The molecule has 3 heterocycles. The number of amides is 1. The molecular formula is C16H15N5O2. The Morgan fingerprint density at radius 1 is 1.35 bits per heavy atom. The highest BCUT2D eigenvalue weighted by atomic mass is 16.5. The highest BCUT2D eigenvalue weighted by Gasteiger charge is 2.26. The summed E-state index contributed by atoms with van der Waals surface area (Å²) in [6.07, 6.45) is 7.56. The third-order valence-corrected chi connectivity index (χ3v) is 3.62. The molecule has 2 aromatic heterocycles. The monoisotopic (exact) mass is 309 g/mol. The molecule has 1 aliphatic heterocycles. The average Bonchev–Trinajstić information content (AvgIpc) is 2.62. The third kappa shape index (κ3) is 3.43. The molecule has 0 aliphatic carbocycles. The summed E-state index contributed by atoms with van der Waals surface area (Å²) in [6.45, 7) is 1.13. The van der Waals surface area contributed by atoms with Crippen molar-refractivity contribution in [1.29, 1.82) is 5.26 Å². The molecule has 23 heavy (non-hydrogen) atoms. The van der Waals surface area contributed by atoms with Gasteiger partial charge in [-0.3, -0.25) is 9.78 Å². The van der Waals surface area contributed by atoms with Crippen molar-refractivity contribution in [3.05, 3.63) is 48.2 Å². The van der Waals surface area contributed by atoms with Crippen molar-refractivity contribution in [2.45, 2.75) is 18.9 Å². The first-order valence-electron chi connectivity index (χ1n) is 7.35. The number of pyridine rings is 1. The summed E-state index contributed by atoms with van der Waals surface area (Å²) in [6, 6.07) is 5.44.